The summed E-state index contributed by atoms with van der Waals surface area (Å²) in [7, 11) is 0. The molecule has 0 aliphatic rings. The number of non-ortho nitro benzene ring substituents is 1. The number of hydrogen-bond acceptors (Lipinski definition) is 6. The molecule has 1 aromatic heterocycles. The van der Waals surface area contributed by atoms with Crippen molar-refractivity contribution in [2.75, 3.05) is 18.0 Å². The first-order valence-electron chi connectivity index (χ1n) is 7.89. The second kappa shape index (κ2) is 7.57. The smallest absolute Gasteiger partial charge is 0.270 e. The summed E-state index contributed by atoms with van der Waals surface area (Å²) >= 11 is 0. The number of fused-ring (bicyclic) bond motifs is 1. The molecule has 0 aliphatic heterocycles. The van der Waals surface area contributed by atoms with Crippen molar-refractivity contribution in [3.63, 3.8) is 0 Å². The zero-order valence-electron chi connectivity index (χ0n) is 14.3. The van der Waals surface area contributed by atoms with Gasteiger partial charge >= 0.3 is 0 Å². The van der Waals surface area contributed by atoms with Crippen LogP contribution in [0.4, 0.5) is 11.5 Å². The fourth-order valence-corrected chi connectivity index (χ4v) is 2.46. The molecule has 1 heterocycles. The van der Waals surface area contributed by atoms with Crippen LogP contribution in [0.3, 0.4) is 0 Å². The number of nitriles is 1. The lowest BCUT2D eigenvalue weighted by Gasteiger charge is -2.22. The Morgan fingerprint density at radius 1 is 1.44 bits per heavy atom. The number of pyridine rings is 1. The van der Waals surface area contributed by atoms with Gasteiger partial charge in [-0.05, 0) is 32.9 Å². The van der Waals surface area contributed by atoms with Gasteiger partial charge in [-0.2, -0.15) is 5.26 Å². The maximum absolute atomic E-state index is 12.0. The second-order valence-corrected chi connectivity index (χ2v) is 5.83. The third-order valence-electron chi connectivity index (χ3n) is 3.60. The van der Waals surface area contributed by atoms with Crippen molar-refractivity contribution in [3.8, 4) is 6.07 Å². The highest BCUT2D eigenvalue weighted by atomic mass is 16.6. The van der Waals surface area contributed by atoms with E-state index in [0.717, 1.165) is 0 Å². The number of nitro groups is 1. The molecular weight excluding hydrogens is 322 g/mol. The van der Waals surface area contributed by atoms with Gasteiger partial charge in [-0.1, -0.05) is 0 Å². The molecule has 25 heavy (non-hydrogen) atoms. The van der Waals surface area contributed by atoms with E-state index in [2.05, 4.69) is 16.4 Å². The Kier molecular flexibility index (Phi) is 5.49. The van der Waals surface area contributed by atoms with Gasteiger partial charge in [0.1, 0.15) is 5.82 Å². The molecule has 0 bridgehead atoms. The maximum Gasteiger partial charge on any atom is 0.270 e. The zero-order valence-corrected chi connectivity index (χ0v) is 14.3. The van der Waals surface area contributed by atoms with Gasteiger partial charge in [-0.3, -0.25) is 14.9 Å². The van der Waals surface area contributed by atoms with E-state index in [1.54, 1.807) is 11.0 Å². The molecule has 1 N–H and O–H groups in total. The highest BCUT2D eigenvalue weighted by molar-refractivity contribution is 5.89. The summed E-state index contributed by atoms with van der Waals surface area (Å²) in [6.45, 7) is 6.29. The van der Waals surface area contributed by atoms with Crippen molar-refractivity contribution < 1.29 is 9.72 Å². The molecule has 0 fully saturated rings. The first-order valence-corrected chi connectivity index (χ1v) is 7.89. The Morgan fingerprint density at radius 2 is 2.16 bits per heavy atom. The minimum atomic E-state index is -0.511. The number of nitro benzene ring substituents is 1. The van der Waals surface area contributed by atoms with Crippen LogP contribution in [-0.4, -0.2) is 34.9 Å². The summed E-state index contributed by atoms with van der Waals surface area (Å²) in [5.74, 6) is 0.347. The van der Waals surface area contributed by atoms with Crippen LogP contribution in [0.1, 0.15) is 26.3 Å². The number of carbonyl (C=O) groups excluding carboxylic acids is 1. The monoisotopic (exact) mass is 341 g/mol. The molecule has 0 atom stereocenters. The zero-order chi connectivity index (χ0) is 18.6. The van der Waals surface area contributed by atoms with E-state index in [4.69, 9.17) is 0 Å². The number of rotatable bonds is 6. The Balaban J connectivity index is 2.44. The molecule has 1 amide bonds. The summed E-state index contributed by atoms with van der Waals surface area (Å²) in [5, 5.41) is 23.6. The third kappa shape index (κ3) is 4.20. The van der Waals surface area contributed by atoms with Gasteiger partial charge in [-0.15, -0.1) is 0 Å². The quantitative estimate of drug-likeness (QED) is 0.637. The highest BCUT2D eigenvalue weighted by Crippen LogP contribution is 2.26. The predicted molar refractivity (Wildman–Crippen MR) is 94.3 cm³/mol. The van der Waals surface area contributed by atoms with Crippen LogP contribution in [0.2, 0.25) is 0 Å². The Bertz CT molecular complexity index is 857. The van der Waals surface area contributed by atoms with E-state index >= 15 is 0 Å². The fraction of sp³-hybridized carbons (Fsp3) is 0.353. The van der Waals surface area contributed by atoms with Gasteiger partial charge in [0.2, 0.25) is 5.91 Å². The van der Waals surface area contributed by atoms with E-state index in [9.17, 15) is 20.2 Å². The first-order chi connectivity index (χ1) is 11.8. The molecule has 2 rings (SSSR count). The topological polar surface area (TPSA) is 112 Å². The number of likely N-dealkylation sites (N-methyl/N-ethyl adjacent to an activating group) is 1. The Labute approximate surface area is 145 Å². The number of amides is 1. The lowest BCUT2D eigenvalue weighted by molar-refractivity contribution is -0.384. The van der Waals surface area contributed by atoms with Crippen molar-refractivity contribution in [2.24, 2.45) is 0 Å². The van der Waals surface area contributed by atoms with E-state index in [-0.39, 0.29) is 29.7 Å². The van der Waals surface area contributed by atoms with E-state index in [0.29, 0.717) is 23.3 Å². The normalized spacial score (nSPS) is 10.5. The molecule has 0 saturated carbocycles. The number of nitrogens with one attached hydrogen (secondary N) is 1. The number of carbonyl (C=O) groups is 1. The molecule has 0 saturated heterocycles. The van der Waals surface area contributed by atoms with E-state index < -0.39 is 4.92 Å². The lowest BCUT2D eigenvalue weighted by atomic mass is 10.1. The van der Waals surface area contributed by atoms with Gasteiger partial charge in [-0.25, -0.2) is 4.98 Å². The average Bonchev–Trinajstić information content (AvgIpc) is 2.57. The summed E-state index contributed by atoms with van der Waals surface area (Å²) in [4.78, 5) is 28.6. The number of anilines is 1. The molecule has 0 radical (unpaired) electrons. The van der Waals surface area contributed by atoms with Gasteiger partial charge in [0.25, 0.3) is 5.69 Å². The minimum absolute atomic E-state index is 0.0333. The van der Waals surface area contributed by atoms with Gasteiger partial charge in [0.15, 0.2) is 0 Å². The van der Waals surface area contributed by atoms with Gasteiger partial charge < -0.3 is 10.2 Å². The highest BCUT2D eigenvalue weighted by Gasteiger charge is 2.16. The molecular formula is C17H19N5O3. The number of benzene rings is 1. The van der Waals surface area contributed by atoms with Crippen molar-refractivity contribution in [3.05, 3.63) is 39.9 Å². The summed E-state index contributed by atoms with van der Waals surface area (Å²) in [6, 6.07) is 7.84. The molecule has 0 aliphatic carbocycles. The predicted octanol–water partition coefficient (Wildman–Crippen LogP) is 2.37. The molecule has 0 unspecified atom stereocenters. The third-order valence-corrected chi connectivity index (χ3v) is 3.60. The van der Waals surface area contributed by atoms with Crippen molar-refractivity contribution in [2.45, 2.75) is 26.8 Å². The summed E-state index contributed by atoms with van der Waals surface area (Å²) < 4.78 is 0. The first kappa shape index (κ1) is 18.1. The SMILES string of the molecule is CCN(CC(=O)NC(C)C)c1cc(C#N)c2cc([N+](=O)[O-])ccc2n1. The van der Waals surface area contributed by atoms with E-state index in [1.807, 2.05) is 20.8 Å². The molecule has 8 nitrogen and oxygen atoms in total. The van der Waals surface area contributed by atoms with Crippen molar-refractivity contribution >= 4 is 28.3 Å². The lowest BCUT2D eigenvalue weighted by Crippen LogP contribution is -2.40. The summed E-state index contributed by atoms with van der Waals surface area (Å²) in [5.41, 5.74) is 0.663. The number of hydrogen-bond donors (Lipinski definition) is 1. The van der Waals surface area contributed by atoms with Crippen molar-refractivity contribution in [1.29, 1.82) is 5.26 Å². The number of nitrogens with zero attached hydrogens (tertiary/aromatic N) is 4. The van der Waals surface area contributed by atoms with Crippen LogP contribution in [0.5, 0.6) is 0 Å². The molecule has 2 aromatic rings. The van der Waals surface area contributed by atoms with Crippen LogP contribution >= 0.6 is 0 Å². The average molecular weight is 341 g/mol. The Morgan fingerprint density at radius 3 is 2.72 bits per heavy atom. The molecule has 8 heteroatoms. The second-order valence-electron chi connectivity index (χ2n) is 5.83. The fourth-order valence-electron chi connectivity index (χ4n) is 2.46. The van der Waals surface area contributed by atoms with Gasteiger partial charge in [0.05, 0.1) is 28.6 Å². The van der Waals surface area contributed by atoms with Crippen LogP contribution in [-0.2, 0) is 4.79 Å². The van der Waals surface area contributed by atoms with Crippen LogP contribution in [0, 0.1) is 21.4 Å². The van der Waals surface area contributed by atoms with Crippen LogP contribution < -0.4 is 10.2 Å². The molecule has 130 valence electrons. The minimum Gasteiger partial charge on any atom is -0.352 e. The Hall–Kier alpha value is -3.21. The summed E-state index contributed by atoms with van der Waals surface area (Å²) in [6.07, 6.45) is 0. The molecule has 1 aromatic carbocycles. The maximum atomic E-state index is 12.0. The largest absolute Gasteiger partial charge is 0.352 e. The van der Waals surface area contributed by atoms with Crippen molar-refractivity contribution in [1.82, 2.24) is 10.3 Å². The standard InChI is InChI=1S/C17H19N5O3/c1-4-21(10-17(23)19-11(2)3)16-7-12(9-18)14-8-13(22(24)25)5-6-15(14)20-16/h5-8,11H,4,10H2,1-3H3,(H,19,23). The van der Waals surface area contributed by atoms with E-state index in [1.165, 1.54) is 18.2 Å². The van der Waals surface area contributed by atoms with Crippen LogP contribution in [0.25, 0.3) is 10.9 Å². The number of aromatic nitrogens is 1. The van der Waals surface area contributed by atoms with Gasteiger partial charge in [0, 0.05) is 30.1 Å². The molecule has 0 spiro atoms. The van der Waals surface area contributed by atoms with Crippen LogP contribution in [0.15, 0.2) is 24.3 Å².